The van der Waals surface area contributed by atoms with E-state index in [1.807, 2.05) is 0 Å². The molecule has 11 nitrogen and oxygen atoms in total. The van der Waals surface area contributed by atoms with Crippen LogP contribution in [0, 0.1) is 12.7 Å². The number of aromatic nitrogens is 3. The number of fused-ring (bicyclic) bond motifs is 1. The van der Waals surface area contributed by atoms with E-state index in [1.165, 1.54) is 24.5 Å². The number of ether oxygens (including phenoxy) is 1. The first kappa shape index (κ1) is 32.7. The van der Waals surface area contributed by atoms with Gasteiger partial charge in [-0.15, -0.1) is 0 Å². The molecule has 2 aromatic carbocycles. The maximum Gasteiger partial charge on any atom is 0.407 e. The van der Waals surface area contributed by atoms with Crippen LogP contribution in [0.1, 0.15) is 25.3 Å². The summed E-state index contributed by atoms with van der Waals surface area (Å²) in [4.78, 5) is 25.4. The summed E-state index contributed by atoms with van der Waals surface area (Å²) in [5, 5.41) is 12.8. The van der Waals surface area contributed by atoms with Crippen molar-refractivity contribution in [2.45, 2.75) is 44.8 Å². The minimum Gasteiger partial charge on any atom is -0.465 e. The highest BCUT2D eigenvalue weighted by Gasteiger charge is 2.30. The zero-order valence-corrected chi connectivity index (χ0v) is 25.5. The van der Waals surface area contributed by atoms with Gasteiger partial charge in [0.15, 0.2) is 0 Å². The molecule has 1 aliphatic rings. The molecule has 1 fully saturated rings. The first-order valence-electron chi connectivity index (χ1n) is 14.1. The van der Waals surface area contributed by atoms with Gasteiger partial charge in [-0.1, -0.05) is 12.1 Å². The maximum atomic E-state index is 15.0. The zero-order chi connectivity index (χ0) is 33.2. The monoisotopic (exact) mass is 662 g/mol. The van der Waals surface area contributed by atoms with Crippen molar-refractivity contribution in [3.8, 4) is 22.9 Å². The number of rotatable bonds is 10. The van der Waals surface area contributed by atoms with Crippen LogP contribution in [0.25, 0.3) is 22.0 Å². The average molecular weight is 663 g/mol. The first-order valence-corrected chi connectivity index (χ1v) is 15.8. The normalized spacial score (nSPS) is 17.1. The van der Waals surface area contributed by atoms with E-state index in [-0.39, 0.29) is 42.5 Å². The lowest BCUT2D eigenvalue weighted by molar-refractivity contribution is 0.0189. The van der Waals surface area contributed by atoms with Gasteiger partial charge in [0.05, 0.1) is 29.2 Å². The van der Waals surface area contributed by atoms with Crippen molar-refractivity contribution in [2.75, 3.05) is 28.9 Å². The van der Waals surface area contributed by atoms with Crippen LogP contribution in [-0.2, 0) is 10.0 Å². The van der Waals surface area contributed by atoms with Crippen LogP contribution in [0.2, 0.25) is 0 Å². The van der Waals surface area contributed by atoms with Crippen molar-refractivity contribution in [1.29, 1.82) is 0 Å². The number of piperidine rings is 1. The van der Waals surface area contributed by atoms with Crippen molar-refractivity contribution < 1.29 is 40.6 Å². The molecule has 4 aromatic rings. The molecule has 16 heteroatoms. The molecule has 2 unspecified atom stereocenters. The number of halogens is 4. The Morgan fingerprint density at radius 2 is 1.87 bits per heavy atom. The predicted octanol–water partition coefficient (Wildman–Crippen LogP) is 6.22. The Morgan fingerprint density at radius 1 is 1.11 bits per heavy atom. The second-order valence-corrected chi connectivity index (χ2v) is 12.9. The molecule has 2 atom stereocenters. The van der Waals surface area contributed by atoms with Gasteiger partial charge < -0.3 is 20.1 Å². The number of carbonyl (C=O) groups is 1. The molecule has 1 saturated heterocycles. The number of nitrogens with zero attached hydrogens (tertiary/aromatic N) is 4. The number of sulfonamides is 1. The molecule has 0 bridgehead atoms. The number of alkyl halides is 3. The fourth-order valence-corrected chi connectivity index (χ4v) is 6.29. The molecule has 3 heterocycles. The number of amides is 1. The Labute approximate surface area is 261 Å². The number of pyridine rings is 1. The van der Waals surface area contributed by atoms with E-state index in [1.54, 1.807) is 31.2 Å². The lowest BCUT2D eigenvalue weighted by Gasteiger charge is -2.33. The number of nitrogens with one attached hydrogen (secondary N) is 2. The summed E-state index contributed by atoms with van der Waals surface area (Å²) in [7, 11) is -4.33. The van der Waals surface area contributed by atoms with E-state index < -0.39 is 57.9 Å². The van der Waals surface area contributed by atoms with Gasteiger partial charge in [-0.2, -0.15) is 0 Å². The van der Waals surface area contributed by atoms with Crippen LogP contribution in [0.4, 0.5) is 34.0 Å². The second kappa shape index (κ2) is 12.9. The van der Waals surface area contributed by atoms with Crippen LogP contribution in [-0.4, -0.2) is 76.4 Å². The summed E-state index contributed by atoms with van der Waals surface area (Å²) in [6.45, 7) is 2.17. The fraction of sp³-hybridized carbons (Fsp3) is 0.333. The molecule has 1 amide bonds. The van der Waals surface area contributed by atoms with Gasteiger partial charge in [0, 0.05) is 48.6 Å². The predicted molar refractivity (Wildman–Crippen MR) is 163 cm³/mol. The summed E-state index contributed by atoms with van der Waals surface area (Å²) < 4.78 is 89.4. The van der Waals surface area contributed by atoms with Gasteiger partial charge in [0.25, 0.3) is 0 Å². The third kappa shape index (κ3) is 7.73. The third-order valence-electron chi connectivity index (χ3n) is 7.27. The number of benzene rings is 2. The van der Waals surface area contributed by atoms with Crippen molar-refractivity contribution >= 4 is 38.5 Å². The highest BCUT2D eigenvalue weighted by atomic mass is 32.2. The molecule has 3 N–H and O–H groups in total. The Kier molecular flexibility index (Phi) is 9.19. The van der Waals surface area contributed by atoms with Crippen molar-refractivity contribution in [2.24, 2.45) is 0 Å². The average Bonchev–Trinajstić information content (AvgIpc) is 2.99. The molecule has 0 aliphatic carbocycles. The largest absolute Gasteiger partial charge is 0.465 e. The van der Waals surface area contributed by atoms with Gasteiger partial charge >= 0.3 is 6.09 Å². The van der Waals surface area contributed by atoms with Gasteiger partial charge in [0.2, 0.25) is 27.8 Å². The smallest absolute Gasteiger partial charge is 0.407 e. The van der Waals surface area contributed by atoms with E-state index in [0.29, 0.717) is 29.1 Å². The van der Waals surface area contributed by atoms with E-state index in [4.69, 9.17) is 4.74 Å². The first-order chi connectivity index (χ1) is 21.7. The standard InChI is InChI=1S/C30H30F4N6O5S/c1-17-5-6-20-21(7-8-23(32)25(20)39-46(43,44)13-10-30(2,33)34)26(17)45-27-22(4-3-11-35-27)24-9-12-36-28(38-24)37-19-14-18(31)15-40(16-19)29(41)42/h3-9,11-12,18-19,39H,10,13-16H2,1-2H3,(H,41,42)(H,36,37,38). The summed E-state index contributed by atoms with van der Waals surface area (Å²) in [6, 6.07) is 9.89. The second-order valence-electron chi connectivity index (χ2n) is 11.1. The van der Waals surface area contributed by atoms with E-state index in [0.717, 1.165) is 11.0 Å². The molecule has 5 rings (SSSR count). The Morgan fingerprint density at radius 3 is 2.61 bits per heavy atom. The van der Waals surface area contributed by atoms with E-state index in [9.17, 15) is 35.9 Å². The van der Waals surface area contributed by atoms with Gasteiger partial charge in [-0.25, -0.2) is 45.7 Å². The van der Waals surface area contributed by atoms with E-state index >= 15 is 0 Å². The van der Waals surface area contributed by atoms with Crippen molar-refractivity contribution in [3.63, 3.8) is 0 Å². The van der Waals surface area contributed by atoms with Gasteiger partial charge in [0.1, 0.15) is 17.7 Å². The summed E-state index contributed by atoms with van der Waals surface area (Å²) in [5.74, 6) is -4.58. The molecular formula is C30H30F4N6O5S. The topological polar surface area (TPSA) is 147 Å². The van der Waals surface area contributed by atoms with Gasteiger partial charge in [-0.05, 0) is 49.7 Å². The molecule has 46 heavy (non-hydrogen) atoms. The Balaban J connectivity index is 1.45. The minimum atomic E-state index is -4.33. The summed E-state index contributed by atoms with van der Waals surface area (Å²) >= 11 is 0. The molecule has 244 valence electrons. The highest BCUT2D eigenvalue weighted by Crippen LogP contribution is 2.40. The molecule has 2 aromatic heterocycles. The maximum absolute atomic E-state index is 15.0. The Hall–Kier alpha value is -4.73. The van der Waals surface area contributed by atoms with Crippen molar-refractivity contribution in [1.82, 2.24) is 19.9 Å². The third-order valence-corrected chi connectivity index (χ3v) is 8.53. The van der Waals surface area contributed by atoms with Crippen molar-refractivity contribution in [3.05, 3.63) is 66.2 Å². The van der Waals surface area contributed by atoms with Gasteiger partial charge in [-0.3, -0.25) is 4.72 Å². The number of hydrogen-bond donors (Lipinski definition) is 3. The molecule has 0 saturated carbocycles. The number of hydrogen-bond acceptors (Lipinski definition) is 8. The van der Waals surface area contributed by atoms with Crippen LogP contribution in [0.5, 0.6) is 11.6 Å². The number of aryl methyl sites for hydroxylation is 1. The zero-order valence-electron chi connectivity index (χ0n) is 24.7. The summed E-state index contributed by atoms with van der Waals surface area (Å²) in [5.41, 5.74) is 0.982. The molecule has 1 aliphatic heterocycles. The number of carboxylic acid groups (broad SMARTS) is 1. The van der Waals surface area contributed by atoms with E-state index in [2.05, 4.69) is 25.0 Å². The minimum absolute atomic E-state index is 0.0504. The fourth-order valence-electron chi connectivity index (χ4n) is 5.04. The van der Waals surface area contributed by atoms with Crippen LogP contribution >= 0.6 is 0 Å². The SMILES string of the molecule is Cc1ccc2c(NS(=O)(=O)CCC(C)(F)F)c(F)ccc2c1Oc1ncccc1-c1ccnc(NC2CC(F)CN(C(=O)O)C2)n1. The number of anilines is 2. The molecule has 0 radical (unpaired) electrons. The Bertz CT molecular complexity index is 1870. The highest BCUT2D eigenvalue weighted by molar-refractivity contribution is 7.92. The lowest BCUT2D eigenvalue weighted by atomic mass is 10.0. The quantitative estimate of drug-likeness (QED) is 0.168. The van der Waals surface area contributed by atoms with Crippen LogP contribution in [0.15, 0.2) is 54.9 Å². The molecule has 0 spiro atoms. The molecular weight excluding hydrogens is 632 g/mol. The summed E-state index contributed by atoms with van der Waals surface area (Å²) in [6.07, 6.45) is -0.501. The number of likely N-dealkylation sites (tertiary alicyclic amines) is 1. The van der Waals surface area contributed by atoms with Crippen LogP contribution in [0.3, 0.4) is 0 Å². The lowest BCUT2D eigenvalue weighted by Crippen LogP contribution is -2.49. The van der Waals surface area contributed by atoms with Crippen LogP contribution < -0.4 is 14.8 Å².